The van der Waals surface area contributed by atoms with E-state index < -0.39 is 34.8 Å². The first-order valence-corrected chi connectivity index (χ1v) is 2.65. The van der Waals surface area contributed by atoms with Crippen LogP contribution in [0.15, 0.2) is 0 Å². The van der Waals surface area contributed by atoms with Crippen molar-refractivity contribution < 1.29 is 83.9 Å². The van der Waals surface area contributed by atoms with Crippen molar-refractivity contribution in [3.8, 4) is 5.75 Å². The Morgan fingerprint density at radius 1 is 0.643 bits per heavy atom. The van der Waals surface area contributed by atoms with E-state index in [0.29, 0.717) is 0 Å². The van der Waals surface area contributed by atoms with Gasteiger partial charge in [0.25, 0.3) is 0 Å². The molecule has 0 spiro atoms. The van der Waals surface area contributed by atoms with Gasteiger partial charge in [0, 0.05) is 0 Å². The van der Waals surface area contributed by atoms with E-state index in [4.69, 9.17) is 0 Å². The molecule has 0 atom stereocenters. The Labute approximate surface area is 117 Å². The minimum atomic E-state index is -2.33. The van der Waals surface area contributed by atoms with Crippen LogP contribution in [0.25, 0.3) is 0 Å². The van der Waals surface area contributed by atoms with Crippen LogP contribution in [-0.2, 0) is 0 Å². The summed E-state index contributed by atoms with van der Waals surface area (Å²) in [6, 6.07) is 0. The first-order valence-electron chi connectivity index (χ1n) is 2.65. The third-order valence-electron chi connectivity index (χ3n) is 1.17. The fraction of sp³-hybridized carbons (Fsp3) is 0. The van der Waals surface area contributed by atoms with Crippen molar-refractivity contribution >= 4 is 0 Å². The van der Waals surface area contributed by atoms with Crippen molar-refractivity contribution in [2.75, 3.05) is 0 Å². The van der Waals surface area contributed by atoms with Gasteiger partial charge in [-0.25, -0.2) is 22.0 Å². The molecule has 0 fully saturated rings. The first-order chi connectivity index (χ1) is 5.46. The molecule has 2 N–H and O–H groups in total. The van der Waals surface area contributed by atoms with Crippen LogP contribution in [0, 0.1) is 29.1 Å². The summed E-state index contributed by atoms with van der Waals surface area (Å²) in [5.74, 6) is -13.6. The van der Waals surface area contributed by atoms with Crippen molar-refractivity contribution in [3.63, 3.8) is 0 Å². The average molecular weight is 240 g/mol. The molecule has 1 rings (SSSR count). The SMILES string of the molecule is O.[K+].[O-]c1c(F)c(F)c(F)c(F)c1F. The van der Waals surface area contributed by atoms with Gasteiger partial charge in [-0.05, 0) is 5.75 Å². The average Bonchev–Trinajstić information content (AvgIpc) is 2.08. The van der Waals surface area contributed by atoms with E-state index in [0.717, 1.165) is 0 Å². The normalized spacial score (nSPS) is 8.93. The largest absolute Gasteiger partial charge is 1.00 e. The minimum absolute atomic E-state index is 0. The maximum absolute atomic E-state index is 12.1. The second-order valence-electron chi connectivity index (χ2n) is 1.90. The molecule has 2 nitrogen and oxygen atoms in total. The zero-order chi connectivity index (χ0) is 9.46. The second-order valence-corrected chi connectivity index (χ2v) is 1.90. The standard InChI is InChI=1S/C6HF5O.K.H2O/c7-1-2(8)4(10)6(12)5(11)3(1)9;;/h12H;;1H2/q;+1;/p-1. The zero-order valence-corrected chi connectivity index (χ0v) is 9.92. The third kappa shape index (κ3) is 2.64. The third-order valence-corrected chi connectivity index (χ3v) is 1.17. The van der Waals surface area contributed by atoms with Crippen LogP contribution in [0.1, 0.15) is 0 Å². The van der Waals surface area contributed by atoms with Gasteiger partial charge in [-0.1, -0.05) is 0 Å². The molecule has 74 valence electrons. The summed E-state index contributed by atoms with van der Waals surface area (Å²) in [6.45, 7) is 0. The van der Waals surface area contributed by atoms with Gasteiger partial charge in [-0.15, -0.1) is 0 Å². The number of halogens is 5. The molecule has 0 unspecified atom stereocenters. The maximum Gasteiger partial charge on any atom is 1.00 e. The van der Waals surface area contributed by atoms with Crippen molar-refractivity contribution in [1.29, 1.82) is 0 Å². The minimum Gasteiger partial charge on any atom is -0.868 e. The smallest absolute Gasteiger partial charge is 0.868 e. The Kier molecular flexibility index (Phi) is 7.13. The van der Waals surface area contributed by atoms with E-state index in [1.807, 2.05) is 0 Å². The van der Waals surface area contributed by atoms with Crippen LogP contribution >= 0.6 is 0 Å². The van der Waals surface area contributed by atoms with E-state index in [1.54, 1.807) is 0 Å². The summed E-state index contributed by atoms with van der Waals surface area (Å²) < 4.78 is 60.4. The van der Waals surface area contributed by atoms with Gasteiger partial charge in [0.2, 0.25) is 0 Å². The van der Waals surface area contributed by atoms with E-state index in [-0.39, 0.29) is 56.9 Å². The molecule has 0 aromatic heterocycles. The number of hydrogen-bond donors (Lipinski definition) is 0. The van der Waals surface area contributed by atoms with Gasteiger partial charge in [0.1, 0.15) is 0 Å². The summed E-state index contributed by atoms with van der Waals surface area (Å²) in [5, 5.41) is 10.2. The van der Waals surface area contributed by atoms with Crippen LogP contribution in [0.4, 0.5) is 22.0 Å². The molecule has 14 heavy (non-hydrogen) atoms. The van der Waals surface area contributed by atoms with Crippen LogP contribution in [0.5, 0.6) is 5.75 Å². The van der Waals surface area contributed by atoms with Crippen LogP contribution in [0.2, 0.25) is 0 Å². The predicted octanol–water partition coefficient (Wildman–Crippen LogP) is -2.37. The van der Waals surface area contributed by atoms with Gasteiger partial charge in [-0.3, -0.25) is 0 Å². The van der Waals surface area contributed by atoms with E-state index in [2.05, 4.69) is 0 Å². The fourth-order valence-corrected chi connectivity index (χ4v) is 0.585. The van der Waals surface area contributed by atoms with Crippen molar-refractivity contribution in [1.82, 2.24) is 0 Å². The van der Waals surface area contributed by atoms with Gasteiger partial charge >= 0.3 is 51.4 Å². The van der Waals surface area contributed by atoms with Crippen molar-refractivity contribution in [2.45, 2.75) is 0 Å². The summed E-state index contributed by atoms with van der Waals surface area (Å²) in [6.07, 6.45) is 0. The second kappa shape index (κ2) is 5.98. The Morgan fingerprint density at radius 2 is 0.857 bits per heavy atom. The topological polar surface area (TPSA) is 54.6 Å². The molecule has 0 aliphatic rings. The molecular formula is C6H2F5KO2. The molecule has 0 aliphatic heterocycles. The monoisotopic (exact) mass is 240 g/mol. The number of benzene rings is 1. The number of rotatable bonds is 0. The molecule has 0 saturated carbocycles. The molecule has 1 aromatic rings. The van der Waals surface area contributed by atoms with E-state index >= 15 is 0 Å². The van der Waals surface area contributed by atoms with E-state index in [1.165, 1.54) is 0 Å². The summed E-state index contributed by atoms with van der Waals surface area (Å²) in [4.78, 5) is 0. The number of hydrogen-bond acceptors (Lipinski definition) is 1. The first kappa shape index (κ1) is 16.7. The molecule has 0 aliphatic carbocycles. The summed E-state index contributed by atoms with van der Waals surface area (Å²) in [5.41, 5.74) is 0. The van der Waals surface area contributed by atoms with Crippen molar-refractivity contribution in [3.05, 3.63) is 29.1 Å². The van der Waals surface area contributed by atoms with Crippen LogP contribution < -0.4 is 56.5 Å². The molecule has 0 amide bonds. The molecule has 0 saturated heterocycles. The molecule has 8 heteroatoms. The maximum atomic E-state index is 12.1. The van der Waals surface area contributed by atoms with Gasteiger partial charge in [0.15, 0.2) is 29.1 Å². The summed E-state index contributed by atoms with van der Waals surface area (Å²) >= 11 is 0. The molecule has 0 bridgehead atoms. The Bertz CT molecular complexity index is 238. The Morgan fingerprint density at radius 3 is 1.14 bits per heavy atom. The Balaban J connectivity index is 0. The van der Waals surface area contributed by atoms with Crippen molar-refractivity contribution in [2.24, 2.45) is 0 Å². The quantitative estimate of drug-likeness (QED) is 0.216. The Hall–Kier alpha value is 0.266. The molecule has 0 radical (unpaired) electrons. The van der Waals surface area contributed by atoms with Gasteiger partial charge in [-0.2, -0.15) is 0 Å². The fourth-order valence-electron chi connectivity index (χ4n) is 0.585. The van der Waals surface area contributed by atoms with Gasteiger partial charge in [0.05, 0.1) is 0 Å². The zero-order valence-electron chi connectivity index (χ0n) is 6.80. The molecule has 1 aromatic carbocycles. The van der Waals surface area contributed by atoms with Crippen LogP contribution in [-0.4, -0.2) is 5.48 Å². The van der Waals surface area contributed by atoms with Crippen LogP contribution in [0.3, 0.4) is 0 Å². The van der Waals surface area contributed by atoms with E-state index in [9.17, 15) is 27.1 Å². The van der Waals surface area contributed by atoms with Gasteiger partial charge < -0.3 is 10.6 Å². The molecule has 0 heterocycles. The summed E-state index contributed by atoms with van der Waals surface area (Å²) in [7, 11) is 0. The predicted molar refractivity (Wildman–Crippen MR) is 29.3 cm³/mol. The molecular weight excluding hydrogens is 238 g/mol.